The Kier molecular flexibility index (Phi) is 3.21. The van der Waals surface area contributed by atoms with E-state index in [1.165, 1.54) is 11.1 Å². The maximum Gasteiger partial charge on any atom is 0.260 e. The molecular formula is C16H15N3O. The van der Waals surface area contributed by atoms with Gasteiger partial charge in [0.15, 0.2) is 0 Å². The summed E-state index contributed by atoms with van der Waals surface area (Å²) in [4.78, 5) is 19.1. The lowest BCUT2D eigenvalue weighted by Gasteiger charge is -2.08. The quantitative estimate of drug-likeness (QED) is 0.765. The van der Waals surface area contributed by atoms with Crippen LogP contribution < -0.4 is 10.9 Å². The third-order valence-corrected chi connectivity index (χ3v) is 3.32. The van der Waals surface area contributed by atoms with Crippen molar-refractivity contribution in [2.75, 3.05) is 5.32 Å². The Morgan fingerprint density at radius 1 is 1.10 bits per heavy atom. The van der Waals surface area contributed by atoms with Crippen LogP contribution in [0.5, 0.6) is 0 Å². The maximum atomic E-state index is 11.9. The molecule has 0 aliphatic carbocycles. The SMILES string of the molecule is Cc1ccccc1CNc1nc2ccccc2c(=O)[nH]1. The molecule has 0 radical (unpaired) electrons. The first-order valence-electron chi connectivity index (χ1n) is 6.51. The van der Waals surface area contributed by atoms with Crippen LogP contribution in [0.4, 0.5) is 5.95 Å². The Labute approximate surface area is 116 Å². The number of anilines is 1. The zero-order chi connectivity index (χ0) is 13.9. The summed E-state index contributed by atoms with van der Waals surface area (Å²) in [5.41, 5.74) is 2.97. The number of nitrogens with zero attached hydrogens (tertiary/aromatic N) is 1. The molecule has 4 heteroatoms. The number of hydrogen-bond acceptors (Lipinski definition) is 3. The van der Waals surface area contributed by atoms with Crippen molar-refractivity contribution in [2.24, 2.45) is 0 Å². The van der Waals surface area contributed by atoms with E-state index in [2.05, 4.69) is 34.3 Å². The highest BCUT2D eigenvalue weighted by Gasteiger charge is 2.03. The van der Waals surface area contributed by atoms with Crippen LogP contribution in [0.3, 0.4) is 0 Å². The van der Waals surface area contributed by atoms with Crippen LogP contribution in [0, 0.1) is 6.92 Å². The second-order valence-electron chi connectivity index (χ2n) is 4.71. The highest BCUT2D eigenvalue weighted by molar-refractivity contribution is 5.78. The van der Waals surface area contributed by atoms with Crippen molar-refractivity contribution in [2.45, 2.75) is 13.5 Å². The van der Waals surface area contributed by atoms with Crippen LogP contribution in [0.1, 0.15) is 11.1 Å². The van der Waals surface area contributed by atoms with Crippen molar-refractivity contribution in [3.63, 3.8) is 0 Å². The number of fused-ring (bicyclic) bond motifs is 1. The number of rotatable bonds is 3. The van der Waals surface area contributed by atoms with Gasteiger partial charge in [-0.15, -0.1) is 0 Å². The summed E-state index contributed by atoms with van der Waals surface area (Å²) in [6, 6.07) is 15.4. The van der Waals surface area contributed by atoms with Crippen LogP contribution in [0.15, 0.2) is 53.3 Å². The van der Waals surface area contributed by atoms with Crippen LogP contribution in [0.2, 0.25) is 0 Å². The molecule has 0 aliphatic rings. The summed E-state index contributed by atoms with van der Waals surface area (Å²) in [6.07, 6.45) is 0. The van der Waals surface area contributed by atoms with E-state index >= 15 is 0 Å². The Bertz CT molecular complexity index is 808. The first-order valence-corrected chi connectivity index (χ1v) is 6.51. The van der Waals surface area contributed by atoms with Gasteiger partial charge in [-0.05, 0) is 30.2 Å². The van der Waals surface area contributed by atoms with Crippen molar-refractivity contribution in [3.8, 4) is 0 Å². The molecule has 4 nitrogen and oxygen atoms in total. The molecule has 0 saturated heterocycles. The number of H-pyrrole nitrogens is 1. The fourth-order valence-corrected chi connectivity index (χ4v) is 2.16. The fraction of sp³-hybridized carbons (Fsp3) is 0.125. The number of aryl methyl sites for hydroxylation is 1. The van der Waals surface area contributed by atoms with Crippen molar-refractivity contribution in [1.82, 2.24) is 9.97 Å². The largest absolute Gasteiger partial charge is 0.352 e. The second-order valence-corrected chi connectivity index (χ2v) is 4.71. The zero-order valence-electron chi connectivity index (χ0n) is 11.2. The molecule has 2 aromatic carbocycles. The zero-order valence-corrected chi connectivity index (χ0v) is 11.2. The summed E-state index contributed by atoms with van der Waals surface area (Å²) >= 11 is 0. The number of hydrogen-bond donors (Lipinski definition) is 2. The number of nitrogens with one attached hydrogen (secondary N) is 2. The monoisotopic (exact) mass is 265 g/mol. The van der Waals surface area contributed by atoms with Crippen molar-refractivity contribution in [1.29, 1.82) is 0 Å². The van der Waals surface area contributed by atoms with Crippen LogP contribution in [-0.4, -0.2) is 9.97 Å². The molecule has 20 heavy (non-hydrogen) atoms. The Balaban J connectivity index is 1.88. The molecule has 100 valence electrons. The molecule has 1 heterocycles. The van der Waals surface area contributed by atoms with Gasteiger partial charge in [-0.25, -0.2) is 4.98 Å². The van der Waals surface area contributed by atoms with Crippen molar-refractivity contribution < 1.29 is 0 Å². The van der Waals surface area contributed by atoms with Crippen LogP contribution in [0.25, 0.3) is 10.9 Å². The lowest BCUT2D eigenvalue weighted by Crippen LogP contribution is -2.13. The third-order valence-electron chi connectivity index (χ3n) is 3.32. The molecule has 0 fully saturated rings. The van der Waals surface area contributed by atoms with E-state index in [9.17, 15) is 4.79 Å². The maximum absolute atomic E-state index is 11.9. The normalized spacial score (nSPS) is 10.7. The fourth-order valence-electron chi connectivity index (χ4n) is 2.16. The first-order chi connectivity index (χ1) is 9.74. The van der Waals surface area contributed by atoms with Gasteiger partial charge >= 0.3 is 0 Å². The van der Waals surface area contributed by atoms with Gasteiger partial charge in [0, 0.05) is 6.54 Å². The highest BCUT2D eigenvalue weighted by atomic mass is 16.1. The van der Waals surface area contributed by atoms with E-state index in [0.29, 0.717) is 23.4 Å². The molecule has 0 unspecified atom stereocenters. The molecule has 0 atom stereocenters. The molecule has 0 bridgehead atoms. The van der Waals surface area contributed by atoms with E-state index in [1.807, 2.05) is 30.3 Å². The minimum absolute atomic E-state index is 0.122. The Hall–Kier alpha value is -2.62. The van der Waals surface area contributed by atoms with Crippen molar-refractivity contribution >= 4 is 16.9 Å². The van der Waals surface area contributed by atoms with Gasteiger partial charge in [-0.3, -0.25) is 9.78 Å². The molecule has 0 amide bonds. The van der Waals surface area contributed by atoms with Gasteiger partial charge in [0.05, 0.1) is 10.9 Å². The predicted octanol–water partition coefficient (Wildman–Crippen LogP) is 2.84. The Morgan fingerprint density at radius 2 is 1.85 bits per heavy atom. The summed E-state index contributed by atoms with van der Waals surface area (Å²) < 4.78 is 0. The topological polar surface area (TPSA) is 57.8 Å². The van der Waals surface area contributed by atoms with Gasteiger partial charge in [0.25, 0.3) is 5.56 Å². The van der Waals surface area contributed by atoms with E-state index in [0.717, 1.165) is 0 Å². The number of aromatic amines is 1. The summed E-state index contributed by atoms with van der Waals surface area (Å²) in [5.74, 6) is 0.497. The second kappa shape index (κ2) is 5.17. The van der Waals surface area contributed by atoms with Gasteiger partial charge in [-0.2, -0.15) is 0 Å². The lowest BCUT2D eigenvalue weighted by atomic mass is 10.1. The van der Waals surface area contributed by atoms with Gasteiger partial charge in [0.2, 0.25) is 5.95 Å². The molecule has 3 aromatic rings. The highest BCUT2D eigenvalue weighted by Crippen LogP contribution is 2.11. The van der Waals surface area contributed by atoms with Crippen LogP contribution in [-0.2, 0) is 6.54 Å². The minimum Gasteiger partial charge on any atom is -0.352 e. The third kappa shape index (κ3) is 2.40. The minimum atomic E-state index is -0.122. The smallest absolute Gasteiger partial charge is 0.260 e. The summed E-state index contributed by atoms with van der Waals surface area (Å²) in [7, 11) is 0. The molecule has 1 aromatic heterocycles. The van der Waals surface area contributed by atoms with E-state index < -0.39 is 0 Å². The number of benzene rings is 2. The van der Waals surface area contributed by atoms with E-state index in [-0.39, 0.29) is 5.56 Å². The summed E-state index contributed by atoms with van der Waals surface area (Å²) in [5, 5.41) is 3.77. The predicted molar refractivity (Wildman–Crippen MR) is 80.9 cm³/mol. The van der Waals surface area contributed by atoms with Gasteiger partial charge in [-0.1, -0.05) is 36.4 Å². The number of para-hydroxylation sites is 1. The average molecular weight is 265 g/mol. The van der Waals surface area contributed by atoms with E-state index in [4.69, 9.17) is 0 Å². The van der Waals surface area contributed by atoms with E-state index in [1.54, 1.807) is 6.07 Å². The average Bonchev–Trinajstić information content (AvgIpc) is 2.46. The van der Waals surface area contributed by atoms with Crippen LogP contribution >= 0.6 is 0 Å². The first kappa shape index (κ1) is 12.4. The molecule has 2 N–H and O–H groups in total. The standard InChI is InChI=1S/C16H15N3O/c1-11-6-2-3-7-12(11)10-17-16-18-14-9-5-4-8-13(14)15(20)19-16/h2-9H,10H2,1H3,(H2,17,18,19,20). The van der Waals surface area contributed by atoms with Gasteiger partial charge in [0.1, 0.15) is 0 Å². The molecule has 0 aliphatic heterocycles. The summed E-state index contributed by atoms with van der Waals surface area (Å²) in [6.45, 7) is 2.70. The Morgan fingerprint density at radius 3 is 2.70 bits per heavy atom. The lowest BCUT2D eigenvalue weighted by molar-refractivity contribution is 1.04. The molecular weight excluding hydrogens is 250 g/mol. The molecule has 3 rings (SSSR count). The van der Waals surface area contributed by atoms with Gasteiger partial charge < -0.3 is 5.32 Å². The number of aromatic nitrogens is 2. The molecule has 0 saturated carbocycles. The molecule has 0 spiro atoms. The van der Waals surface area contributed by atoms with Crippen molar-refractivity contribution in [3.05, 3.63) is 70.0 Å².